The predicted molar refractivity (Wildman–Crippen MR) is 93.0 cm³/mol. The van der Waals surface area contributed by atoms with Gasteiger partial charge in [0.1, 0.15) is 0 Å². The van der Waals surface area contributed by atoms with Gasteiger partial charge in [0.25, 0.3) is 0 Å². The molecule has 1 heterocycles. The van der Waals surface area contributed by atoms with Crippen LogP contribution in [0.1, 0.15) is 44.9 Å². The molecule has 1 saturated carbocycles. The second kappa shape index (κ2) is 9.37. The summed E-state index contributed by atoms with van der Waals surface area (Å²) in [7, 11) is 0. The number of carbonyl (C=O) groups is 2. The zero-order valence-corrected chi connectivity index (χ0v) is 14.6. The quantitative estimate of drug-likeness (QED) is 0.615. The van der Waals surface area contributed by atoms with Gasteiger partial charge in [0, 0.05) is 49.6 Å². The average Bonchev–Trinajstić information content (AvgIpc) is 2.58. The van der Waals surface area contributed by atoms with Crippen molar-refractivity contribution in [3.05, 3.63) is 0 Å². The van der Waals surface area contributed by atoms with Gasteiger partial charge in [-0.2, -0.15) is 11.8 Å². The Hall–Kier alpha value is -0.950. The number of rotatable bonds is 7. The standard InChI is InChI=1S/C16H29N3O3S/c20-14(21)5-4-8-17-15(22)18-13-16(6-2-1-3-7-16)19-9-11-23-12-10-19/h1-13H2,(H,20,21)(H2,17,18,22). The summed E-state index contributed by atoms with van der Waals surface area (Å²) in [5.41, 5.74) is 0.123. The second-order valence-corrected chi connectivity index (χ2v) is 7.72. The van der Waals surface area contributed by atoms with Gasteiger partial charge in [-0.25, -0.2) is 4.79 Å². The second-order valence-electron chi connectivity index (χ2n) is 6.49. The highest BCUT2D eigenvalue weighted by Crippen LogP contribution is 2.34. The number of carboxylic acids is 1. The molecule has 23 heavy (non-hydrogen) atoms. The maximum absolute atomic E-state index is 12.0. The van der Waals surface area contributed by atoms with Crippen LogP contribution in [0.3, 0.4) is 0 Å². The summed E-state index contributed by atoms with van der Waals surface area (Å²) in [6.45, 7) is 3.34. The summed E-state index contributed by atoms with van der Waals surface area (Å²) < 4.78 is 0. The molecule has 0 spiro atoms. The normalized spacial score (nSPS) is 21.6. The number of hydrogen-bond donors (Lipinski definition) is 3. The van der Waals surface area contributed by atoms with Gasteiger partial charge in [-0.1, -0.05) is 19.3 Å². The fraction of sp³-hybridized carbons (Fsp3) is 0.875. The van der Waals surface area contributed by atoms with Gasteiger partial charge in [-0.05, 0) is 19.3 Å². The van der Waals surface area contributed by atoms with Crippen LogP contribution in [0.4, 0.5) is 4.79 Å². The summed E-state index contributed by atoms with van der Waals surface area (Å²) in [5, 5.41) is 14.4. The third-order valence-corrected chi connectivity index (χ3v) is 5.84. The molecule has 0 bridgehead atoms. The molecule has 2 aliphatic rings. The van der Waals surface area contributed by atoms with E-state index in [1.807, 2.05) is 11.8 Å². The number of nitrogens with one attached hydrogen (secondary N) is 2. The molecule has 2 amide bonds. The smallest absolute Gasteiger partial charge is 0.314 e. The van der Waals surface area contributed by atoms with Crippen molar-refractivity contribution in [1.29, 1.82) is 0 Å². The molecule has 0 aromatic rings. The van der Waals surface area contributed by atoms with Gasteiger partial charge >= 0.3 is 12.0 Å². The summed E-state index contributed by atoms with van der Waals surface area (Å²) in [5.74, 6) is 1.54. The maximum Gasteiger partial charge on any atom is 0.314 e. The first-order valence-electron chi connectivity index (χ1n) is 8.69. The lowest BCUT2D eigenvalue weighted by atomic mass is 9.80. The third kappa shape index (κ3) is 5.88. The van der Waals surface area contributed by atoms with Gasteiger partial charge in [0.15, 0.2) is 0 Å². The van der Waals surface area contributed by atoms with Gasteiger partial charge in [0.05, 0.1) is 0 Å². The van der Waals surface area contributed by atoms with E-state index in [-0.39, 0.29) is 18.0 Å². The van der Waals surface area contributed by atoms with Crippen molar-refractivity contribution < 1.29 is 14.7 Å². The highest BCUT2D eigenvalue weighted by Gasteiger charge is 2.38. The zero-order chi connectivity index (χ0) is 16.5. The SMILES string of the molecule is O=C(O)CCCNC(=O)NCC1(N2CCSCC2)CCCCC1. The molecule has 2 fully saturated rings. The van der Waals surface area contributed by atoms with Crippen LogP contribution in [0.5, 0.6) is 0 Å². The number of amides is 2. The van der Waals surface area contributed by atoms with E-state index in [2.05, 4.69) is 15.5 Å². The zero-order valence-electron chi connectivity index (χ0n) is 13.8. The van der Waals surface area contributed by atoms with E-state index in [4.69, 9.17) is 5.11 Å². The van der Waals surface area contributed by atoms with Crippen molar-refractivity contribution in [3.63, 3.8) is 0 Å². The van der Waals surface area contributed by atoms with Crippen LogP contribution in [0, 0.1) is 0 Å². The van der Waals surface area contributed by atoms with Crippen LogP contribution >= 0.6 is 11.8 Å². The van der Waals surface area contributed by atoms with Crippen LogP contribution in [-0.4, -0.2) is 65.2 Å². The van der Waals surface area contributed by atoms with Crippen molar-refractivity contribution in [3.8, 4) is 0 Å². The first kappa shape index (κ1) is 18.4. The van der Waals surface area contributed by atoms with E-state index in [0.717, 1.165) is 25.9 Å². The van der Waals surface area contributed by atoms with Crippen LogP contribution in [0.15, 0.2) is 0 Å². The number of carboxylic acid groups (broad SMARTS) is 1. The number of carbonyl (C=O) groups excluding carboxylic acids is 1. The molecule has 1 saturated heterocycles. The summed E-state index contributed by atoms with van der Waals surface area (Å²) in [6, 6.07) is -0.174. The predicted octanol–water partition coefficient (Wildman–Crippen LogP) is 1.90. The Kier molecular flexibility index (Phi) is 7.49. The molecule has 0 atom stereocenters. The van der Waals surface area contributed by atoms with E-state index >= 15 is 0 Å². The average molecular weight is 343 g/mol. The Bertz CT molecular complexity index is 394. The van der Waals surface area contributed by atoms with E-state index in [9.17, 15) is 9.59 Å². The Labute approximate surface area is 142 Å². The van der Waals surface area contributed by atoms with Crippen molar-refractivity contribution in [2.24, 2.45) is 0 Å². The van der Waals surface area contributed by atoms with Crippen LogP contribution in [0.2, 0.25) is 0 Å². The molecule has 0 aromatic carbocycles. The van der Waals surface area contributed by atoms with Crippen LogP contribution in [0.25, 0.3) is 0 Å². The van der Waals surface area contributed by atoms with E-state index in [1.54, 1.807) is 0 Å². The van der Waals surface area contributed by atoms with Gasteiger partial charge in [-0.3, -0.25) is 9.69 Å². The molecule has 1 aliphatic carbocycles. The fourth-order valence-electron chi connectivity index (χ4n) is 3.60. The molecule has 0 aromatic heterocycles. The lowest BCUT2D eigenvalue weighted by molar-refractivity contribution is -0.137. The van der Waals surface area contributed by atoms with Crippen molar-refractivity contribution in [1.82, 2.24) is 15.5 Å². The molecule has 132 valence electrons. The molecule has 0 radical (unpaired) electrons. The van der Waals surface area contributed by atoms with E-state index in [1.165, 1.54) is 30.8 Å². The van der Waals surface area contributed by atoms with Crippen LogP contribution in [-0.2, 0) is 4.79 Å². The third-order valence-electron chi connectivity index (χ3n) is 4.90. The summed E-state index contributed by atoms with van der Waals surface area (Å²) >= 11 is 2.01. The van der Waals surface area contributed by atoms with Gasteiger partial charge in [-0.15, -0.1) is 0 Å². The Morgan fingerprint density at radius 1 is 1.09 bits per heavy atom. The van der Waals surface area contributed by atoms with Crippen molar-refractivity contribution >= 4 is 23.8 Å². The minimum Gasteiger partial charge on any atom is -0.481 e. The molecule has 6 nitrogen and oxygen atoms in total. The minimum absolute atomic E-state index is 0.0929. The number of thioether (sulfide) groups is 1. The van der Waals surface area contributed by atoms with E-state index in [0.29, 0.717) is 19.5 Å². The minimum atomic E-state index is -0.823. The monoisotopic (exact) mass is 343 g/mol. The molecule has 2 rings (SSSR count). The van der Waals surface area contributed by atoms with Crippen molar-refractivity contribution in [2.75, 3.05) is 37.7 Å². The van der Waals surface area contributed by atoms with Crippen LogP contribution < -0.4 is 10.6 Å². The number of hydrogen-bond acceptors (Lipinski definition) is 4. The molecule has 3 N–H and O–H groups in total. The summed E-state index contributed by atoms with van der Waals surface area (Å²) in [4.78, 5) is 25.0. The maximum atomic E-state index is 12.0. The van der Waals surface area contributed by atoms with Gasteiger partial charge in [0.2, 0.25) is 0 Å². The van der Waals surface area contributed by atoms with Gasteiger partial charge < -0.3 is 15.7 Å². The highest BCUT2D eigenvalue weighted by atomic mass is 32.2. The van der Waals surface area contributed by atoms with E-state index < -0.39 is 5.97 Å². The molecular weight excluding hydrogens is 314 g/mol. The topological polar surface area (TPSA) is 81.7 Å². The lowest BCUT2D eigenvalue weighted by Crippen LogP contribution is -2.59. The highest BCUT2D eigenvalue weighted by molar-refractivity contribution is 7.99. The lowest BCUT2D eigenvalue weighted by Gasteiger charge is -2.48. The first-order valence-corrected chi connectivity index (χ1v) is 9.84. The number of urea groups is 1. The Balaban J connectivity index is 1.78. The Morgan fingerprint density at radius 2 is 1.78 bits per heavy atom. The molecule has 1 aliphatic heterocycles. The number of aliphatic carboxylic acids is 1. The fourth-order valence-corrected chi connectivity index (χ4v) is 4.50. The molecule has 7 heteroatoms. The Morgan fingerprint density at radius 3 is 2.43 bits per heavy atom. The molecular formula is C16H29N3O3S. The number of nitrogens with zero attached hydrogens (tertiary/aromatic N) is 1. The first-order chi connectivity index (χ1) is 11.1. The summed E-state index contributed by atoms with van der Waals surface area (Å²) in [6.07, 6.45) is 6.67. The molecule has 0 unspecified atom stereocenters. The van der Waals surface area contributed by atoms with Crippen molar-refractivity contribution in [2.45, 2.75) is 50.5 Å². The largest absolute Gasteiger partial charge is 0.481 e.